The third kappa shape index (κ3) is 2.94. The van der Waals surface area contributed by atoms with Gasteiger partial charge in [-0.15, -0.1) is 0 Å². The molecule has 6 heteroatoms. The zero-order chi connectivity index (χ0) is 18.3. The number of hydrogen-bond donors (Lipinski definition) is 1. The summed E-state index contributed by atoms with van der Waals surface area (Å²) in [4.78, 5) is 26.4. The fraction of sp³-hybridized carbons (Fsp3) is 0.722. The molecule has 1 fully saturated rings. The zero-order valence-corrected chi connectivity index (χ0v) is 15.6. The molecule has 1 amide bonds. The second-order valence-electron chi connectivity index (χ2n) is 8.03. The van der Waals surface area contributed by atoms with E-state index < -0.39 is 11.4 Å². The Labute approximate surface area is 143 Å². The van der Waals surface area contributed by atoms with Crippen LogP contribution in [-0.4, -0.2) is 44.8 Å². The van der Waals surface area contributed by atoms with E-state index >= 15 is 0 Å². The molecular formula is C18H29N3O3. The van der Waals surface area contributed by atoms with Crippen LogP contribution < -0.4 is 0 Å². The highest BCUT2D eigenvalue weighted by atomic mass is 16.4. The topological polar surface area (TPSA) is 75.4 Å². The minimum Gasteiger partial charge on any atom is -0.481 e. The maximum absolute atomic E-state index is 13.0. The number of carbonyl (C=O) groups is 2. The number of carboxylic acids is 1. The summed E-state index contributed by atoms with van der Waals surface area (Å²) in [5.74, 6) is -0.934. The van der Waals surface area contributed by atoms with Crippen molar-refractivity contribution in [3.05, 3.63) is 17.5 Å². The number of carbonyl (C=O) groups excluding carboxylic acids is 1. The number of aromatic nitrogens is 2. The number of carboxylic acid groups (broad SMARTS) is 1. The Bertz CT molecular complexity index is 642. The van der Waals surface area contributed by atoms with Gasteiger partial charge in [-0.25, -0.2) is 0 Å². The average Bonchev–Trinajstić information content (AvgIpc) is 3.10. The lowest BCUT2D eigenvalue weighted by molar-refractivity contribution is -0.150. The lowest BCUT2D eigenvalue weighted by atomic mass is 9.76. The van der Waals surface area contributed by atoms with Gasteiger partial charge in [0.15, 0.2) is 0 Å². The molecule has 1 aliphatic heterocycles. The maximum Gasteiger partial charge on any atom is 0.311 e. The van der Waals surface area contributed by atoms with E-state index in [1.54, 1.807) is 11.1 Å². The SMILES string of the molecule is CCc1c(C(=O)N2CCC(C(=O)O)(C(C)C)C2)cnn1C(C)(C)C. The number of nitrogens with zero attached hydrogens (tertiary/aromatic N) is 3. The molecule has 2 rings (SSSR count). The largest absolute Gasteiger partial charge is 0.481 e. The second kappa shape index (κ2) is 6.22. The van der Waals surface area contributed by atoms with Crippen molar-refractivity contribution in [2.24, 2.45) is 11.3 Å². The van der Waals surface area contributed by atoms with Crippen LogP contribution in [-0.2, 0) is 16.8 Å². The van der Waals surface area contributed by atoms with Crippen molar-refractivity contribution in [3.63, 3.8) is 0 Å². The molecule has 0 saturated carbocycles. The monoisotopic (exact) mass is 335 g/mol. The molecule has 0 spiro atoms. The minimum absolute atomic E-state index is 0.0178. The summed E-state index contributed by atoms with van der Waals surface area (Å²) in [7, 11) is 0. The highest BCUT2D eigenvalue weighted by molar-refractivity contribution is 5.96. The van der Waals surface area contributed by atoms with Crippen molar-refractivity contribution >= 4 is 11.9 Å². The summed E-state index contributed by atoms with van der Waals surface area (Å²) < 4.78 is 1.89. The van der Waals surface area contributed by atoms with E-state index in [4.69, 9.17) is 0 Å². The van der Waals surface area contributed by atoms with Crippen LogP contribution in [0.3, 0.4) is 0 Å². The minimum atomic E-state index is -0.845. The standard InChI is InChI=1S/C18H29N3O3/c1-7-14-13(10-19-21(14)17(4,5)6)15(22)20-9-8-18(11-20,12(2)3)16(23)24/h10,12H,7-9,11H2,1-6H3,(H,23,24). The van der Waals surface area contributed by atoms with Crippen molar-refractivity contribution < 1.29 is 14.7 Å². The molecule has 2 heterocycles. The third-order valence-electron chi connectivity index (χ3n) is 5.19. The molecule has 0 bridgehead atoms. The van der Waals surface area contributed by atoms with Gasteiger partial charge in [0.1, 0.15) is 0 Å². The molecule has 0 radical (unpaired) electrons. The third-order valence-corrected chi connectivity index (χ3v) is 5.19. The fourth-order valence-electron chi connectivity index (χ4n) is 3.54. The first-order chi connectivity index (χ1) is 11.0. The van der Waals surface area contributed by atoms with Crippen LogP contribution in [0.5, 0.6) is 0 Å². The lowest BCUT2D eigenvalue weighted by Crippen LogP contribution is -2.40. The highest BCUT2D eigenvalue weighted by Crippen LogP contribution is 2.39. The summed E-state index contributed by atoms with van der Waals surface area (Å²) in [5.41, 5.74) is 0.460. The van der Waals surface area contributed by atoms with Gasteiger partial charge in [-0.2, -0.15) is 5.10 Å². The van der Waals surface area contributed by atoms with Crippen molar-refractivity contribution in [1.29, 1.82) is 0 Å². The van der Waals surface area contributed by atoms with Crippen LogP contribution >= 0.6 is 0 Å². The molecule has 0 aliphatic carbocycles. The smallest absolute Gasteiger partial charge is 0.311 e. The van der Waals surface area contributed by atoms with Crippen LogP contribution in [0.4, 0.5) is 0 Å². The Balaban J connectivity index is 2.32. The molecule has 1 aliphatic rings. The fourth-order valence-corrected chi connectivity index (χ4v) is 3.54. The van der Waals surface area contributed by atoms with E-state index in [-0.39, 0.29) is 23.9 Å². The molecule has 1 unspecified atom stereocenters. The van der Waals surface area contributed by atoms with Crippen molar-refractivity contribution in [1.82, 2.24) is 14.7 Å². The molecule has 1 saturated heterocycles. The Kier molecular flexibility index (Phi) is 4.79. The molecule has 1 N–H and O–H groups in total. The van der Waals surface area contributed by atoms with Gasteiger partial charge in [0, 0.05) is 13.1 Å². The first-order valence-electron chi connectivity index (χ1n) is 8.64. The second-order valence-corrected chi connectivity index (χ2v) is 8.03. The predicted molar refractivity (Wildman–Crippen MR) is 92.0 cm³/mol. The lowest BCUT2D eigenvalue weighted by Gasteiger charge is -2.28. The predicted octanol–water partition coefficient (Wildman–Crippen LogP) is 2.77. The number of amides is 1. The summed E-state index contributed by atoms with van der Waals surface area (Å²) in [6.45, 7) is 12.7. The Hall–Kier alpha value is -1.85. The number of hydrogen-bond acceptors (Lipinski definition) is 3. The number of rotatable bonds is 4. The van der Waals surface area contributed by atoms with E-state index in [0.717, 1.165) is 5.69 Å². The van der Waals surface area contributed by atoms with Gasteiger partial charge >= 0.3 is 5.97 Å². The van der Waals surface area contributed by atoms with E-state index in [9.17, 15) is 14.7 Å². The van der Waals surface area contributed by atoms with Crippen LogP contribution in [0.25, 0.3) is 0 Å². The first kappa shape index (κ1) is 18.5. The van der Waals surface area contributed by atoms with Crippen LogP contribution in [0.1, 0.15) is 64.0 Å². The summed E-state index contributed by atoms with van der Waals surface area (Å²) >= 11 is 0. The van der Waals surface area contributed by atoms with Gasteiger partial charge in [0.2, 0.25) is 0 Å². The van der Waals surface area contributed by atoms with Gasteiger partial charge in [-0.3, -0.25) is 14.3 Å². The highest BCUT2D eigenvalue weighted by Gasteiger charge is 2.48. The van der Waals surface area contributed by atoms with E-state index in [1.165, 1.54) is 0 Å². The molecule has 0 aromatic carbocycles. The summed E-state index contributed by atoms with van der Waals surface area (Å²) in [5, 5.41) is 14.1. The Morgan fingerprint density at radius 1 is 1.38 bits per heavy atom. The van der Waals surface area contributed by atoms with Gasteiger partial charge in [0.05, 0.1) is 28.4 Å². The van der Waals surface area contributed by atoms with Gasteiger partial charge in [-0.1, -0.05) is 20.8 Å². The quantitative estimate of drug-likeness (QED) is 0.918. The summed E-state index contributed by atoms with van der Waals surface area (Å²) in [6.07, 6.45) is 2.84. The first-order valence-corrected chi connectivity index (χ1v) is 8.64. The zero-order valence-electron chi connectivity index (χ0n) is 15.6. The van der Waals surface area contributed by atoms with E-state index in [0.29, 0.717) is 24.9 Å². The number of aliphatic carboxylic acids is 1. The van der Waals surface area contributed by atoms with E-state index in [1.807, 2.05) is 25.5 Å². The molecule has 6 nitrogen and oxygen atoms in total. The van der Waals surface area contributed by atoms with Crippen LogP contribution in [0.15, 0.2) is 6.20 Å². The molecular weight excluding hydrogens is 306 g/mol. The van der Waals surface area contributed by atoms with Gasteiger partial charge in [0.25, 0.3) is 5.91 Å². The molecule has 24 heavy (non-hydrogen) atoms. The van der Waals surface area contributed by atoms with Crippen LogP contribution in [0, 0.1) is 11.3 Å². The van der Waals surface area contributed by atoms with Crippen molar-refractivity contribution in [2.45, 2.75) is 59.9 Å². The normalized spacial score (nSPS) is 21.5. The van der Waals surface area contributed by atoms with Gasteiger partial charge < -0.3 is 10.0 Å². The van der Waals surface area contributed by atoms with Crippen molar-refractivity contribution in [3.8, 4) is 0 Å². The molecule has 1 aromatic rings. The maximum atomic E-state index is 13.0. The Morgan fingerprint density at radius 2 is 2.00 bits per heavy atom. The number of likely N-dealkylation sites (tertiary alicyclic amines) is 1. The molecule has 1 aromatic heterocycles. The van der Waals surface area contributed by atoms with Crippen LogP contribution in [0.2, 0.25) is 0 Å². The summed E-state index contributed by atoms with van der Waals surface area (Å²) in [6, 6.07) is 0. The average molecular weight is 335 g/mol. The van der Waals surface area contributed by atoms with Gasteiger partial charge in [-0.05, 0) is 39.5 Å². The van der Waals surface area contributed by atoms with E-state index in [2.05, 4.69) is 25.9 Å². The molecule has 1 atom stereocenters. The van der Waals surface area contributed by atoms with Crippen molar-refractivity contribution in [2.75, 3.05) is 13.1 Å². The Morgan fingerprint density at radius 3 is 2.42 bits per heavy atom. The molecule has 134 valence electrons.